The minimum Gasteiger partial charge on any atom is -0.352 e. The highest BCUT2D eigenvalue weighted by Gasteiger charge is 2.18. The number of benzene rings is 1. The second-order valence-corrected chi connectivity index (χ2v) is 8.85. The van der Waals surface area contributed by atoms with Crippen molar-refractivity contribution in [2.45, 2.75) is 25.2 Å². The Bertz CT molecular complexity index is 671. The Balaban J connectivity index is 2.92. The fraction of sp³-hybridized carbons (Fsp3) is 0.462. The number of rotatable bonds is 6. The van der Waals surface area contributed by atoms with Crippen LogP contribution in [0, 0.1) is 13.8 Å². The molecule has 1 atom stereocenters. The summed E-state index contributed by atoms with van der Waals surface area (Å²) in [5.41, 5.74) is 1.45. The second-order valence-electron chi connectivity index (χ2n) is 4.76. The first kappa shape index (κ1) is 18.1. The molecular weight excluding hydrogens is 334 g/mol. The Kier molecular flexibility index (Phi) is 6.37. The van der Waals surface area contributed by atoms with Gasteiger partial charge in [0.05, 0.1) is 4.90 Å². The van der Waals surface area contributed by atoms with Gasteiger partial charge in [-0.3, -0.25) is 9.00 Å². The second kappa shape index (κ2) is 7.38. The first-order valence-corrected chi connectivity index (χ1v) is 10.3. The van der Waals surface area contributed by atoms with E-state index in [0.717, 1.165) is 0 Å². The summed E-state index contributed by atoms with van der Waals surface area (Å²) in [6.07, 6.45) is 2.20. The number of hydrogen-bond acceptors (Lipinski definition) is 4. The molecule has 0 aliphatic rings. The predicted octanol–water partition coefficient (Wildman–Crippen LogP) is 1.73. The van der Waals surface area contributed by atoms with Crippen LogP contribution < -0.4 is 5.32 Å². The molecule has 0 fully saturated rings. The highest BCUT2D eigenvalue weighted by Crippen LogP contribution is 2.23. The van der Waals surface area contributed by atoms with Gasteiger partial charge in [-0.2, -0.15) is 0 Å². The van der Waals surface area contributed by atoms with Gasteiger partial charge in [-0.05, 0) is 37.5 Å². The molecule has 0 aromatic heterocycles. The fourth-order valence-corrected chi connectivity index (χ4v) is 3.66. The molecule has 118 valence electrons. The minimum atomic E-state index is -3.89. The molecule has 1 amide bonds. The molecule has 0 spiro atoms. The van der Waals surface area contributed by atoms with E-state index in [-0.39, 0.29) is 16.4 Å². The zero-order valence-electron chi connectivity index (χ0n) is 12.1. The Morgan fingerprint density at radius 2 is 1.90 bits per heavy atom. The summed E-state index contributed by atoms with van der Waals surface area (Å²) in [6.45, 7) is 3.74. The van der Waals surface area contributed by atoms with Crippen LogP contribution in [0.25, 0.3) is 0 Å². The summed E-state index contributed by atoms with van der Waals surface area (Å²) in [7, 11) is 0.575. The first-order valence-electron chi connectivity index (χ1n) is 6.27. The highest BCUT2D eigenvalue weighted by atomic mass is 35.7. The number of carbonyl (C=O) groups is 1. The first-order chi connectivity index (χ1) is 9.62. The molecule has 0 aliphatic heterocycles. The third-order valence-corrected chi connectivity index (χ3v) is 5.25. The van der Waals surface area contributed by atoms with Crippen molar-refractivity contribution in [1.82, 2.24) is 5.32 Å². The number of amides is 1. The molecule has 1 aromatic carbocycles. The van der Waals surface area contributed by atoms with Crippen molar-refractivity contribution in [3.63, 3.8) is 0 Å². The minimum absolute atomic E-state index is 0.0606. The average Bonchev–Trinajstić information content (AvgIpc) is 2.32. The standard InChI is InChI=1S/C13H18ClNO4S2/c1-9-7-10(2)12(21(14,18)19)8-11(9)13(16)15-5-4-6-20(3)17/h7-8H,4-6H2,1-3H3,(H,15,16). The average molecular weight is 352 g/mol. The lowest BCUT2D eigenvalue weighted by Gasteiger charge is -2.11. The Hall–Kier alpha value is -0.920. The van der Waals surface area contributed by atoms with E-state index >= 15 is 0 Å². The van der Waals surface area contributed by atoms with Crippen LogP contribution in [0.15, 0.2) is 17.0 Å². The van der Waals surface area contributed by atoms with Crippen LogP contribution in [0.3, 0.4) is 0 Å². The van der Waals surface area contributed by atoms with E-state index in [1.165, 1.54) is 6.07 Å². The molecule has 0 bridgehead atoms. The van der Waals surface area contributed by atoms with Crippen molar-refractivity contribution in [2.75, 3.05) is 18.6 Å². The van der Waals surface area contributed by atoms with Crippen molar-refractivity contribution in [3.05, 3.63) is 28.8 Å². The molecule has 8 heteroatoms. The van der Waals surface area contributed by atoms with Gasteiger partial charge in [0.15, 0.2) is 0 Å². The lowest BCUT2D eigenvalue weighted by Crippen LogP contribution is -2.26. The molecule has 0 heterocycles. The Morgan fingerprint density at radius 1 is 1.29 bits per heavy atom. The van der Waals surface area contributed by atoms with Gasteiger partial charge in [-0.15, -0.1) is 0 Å². The van der Waals surface area contributed by atoms with Crippen molar-refractivity contribution in [1.29, 1.82) is 0 Å². The molecule has 1 unspecified atom stereocenters. The third-order valence-electron chi connectivity index (χ3n) is 2.92. The van der Waals surface area contributed by atoms with Crippen LogP contribution in [0.1, 0.15) is 27.9 Å². The molecule has 0 radical (unpaired) electrons. The quantitative estimate of drug-likeness (QED) is 0.625. The summed E-state index contributed by atoms with van der Waals surface area (Å²) in [4.78, 5) is 12.0. The molecule has 21 heavy (non-hydrogen) atoms. The van der Waals surface area contributed by atoms with Crippen molar-refractivity contribution >= 4 is 36.4 Å². The van der Waals surface area contributed by atoms with Crippen molar-refractivity contribution in [3.8, 4) is 0 Å². The summed E-state index contributed by atoms with van der Waals surface area (Å²) in [6, 6.07) is 2.91. The van der Waals surface area contributed by atoms with E-state index < -0.39 is 19.9 Å². The maximum absolute atomic E-state index is 12.1. The molecule has 0 saturated heterocycles. The predicted molar refractivity (Wildman–Crippen MR) is 84.8 cm³/mol. The van der Waals surface area contributed by atoms with E-state index in [1.807, 2.05) is 0 Å². The van der Waals surface area contributed by atoms with E-state index in [0.29, 0.717) is 29.8 Å². The van der Waals surface area contributed by atoms with Gasteiger partial charge in [-0.1, -0.05) is 6.07 Å². The Morgan fingerprint density at radius 3 is 2.43 bits per heavy atom. The molecule has 0 aliphatic carbocycles. The fourth-order valence-electron chi connectivity index (χ4n) is 1.91. The van der Waals surface area contributed by atoms with Crippen LogP contribution in [0.2, 0.25) is 0 Å². The number of carbonyl (C=O) groups excluding carboxylic acids is 1. The molecular formula is C13H18ClNO4S2. The van der Waals surface area contributed by atoms with Gasteiger partial charge in [-0.25, -0.2) is 8.42 Å². The zero-order chi connectivity index (χ0) is 16.2. The lowest BCUT2D eigenvalue weighted by atomic mass is 10.1. The monoisotopic (exact) mass is 351 g/mol. The topological polar surface area (TPSA) is 80.3 Å². The molecule has 1 rings (SSSR count). The van der Waals surface area contributed by atoms with Gasteiger partial charge in [0.1, 0.15) is 0 Å². The van der Waals surface area contributed by atoms with Gasteiger partial charge in [0.25, 0.3) is 15.0 Å². The normalized spacial score (nSPS) is 13.0. The van der Waals surface area contributed by atoms with Crippen LogP contribution in [0.4, 0.5) is 0 Å². The maximum Gasteiger partial charge on any atom is 0.261 e. The Labute approximate surface area is 132 Å². The van der Waals surface area contributed by atoms with E-state index in [1.54, 1.807) is 26.2 Å². The maximum atomic E-state index is 12.1. The third kappa shape index (κ3) is 5.41. The van der Waals surface area contributed by atoms with E-state index in [4.69, 9.17) is 10.7 Å². The zero-order valence-corrected chi connectivity index (χ0v) is 14.5. The van der Waals surface area contributed by atoms with Gasteiger partial charge in [0.2, 0.25) is 0 Å². The lowest BCUT2D eigenvalue weighted by molar-refractivity contribution is 0.0953. The number of hydrogen-bond donors (Lipinski definition) is 1. The summed E-state index contributed by atoms with van der Waals surface area (Å²) >= 11 is 0. The van der Waals surface area contributed by atoms with Gasteiger partial charge < -0.3 is 5.32 Å². The molecule has 1 N–H and O–H groups in total. The van der Waals surface area contributed by atoms with Crippen LogP contribution in [0.5, 0.6) is 0 Å². The van der Waals surface area contributed by atoms with Gasteiger partial charge >= 0.3 is 0 Å². The van der Waals surface area contributed by atoms with Crippen LogP contribution >= 0.6 is 10.7 Å². The van der Waals surface area contributed by atoms with E-state index in [9.17, 15) is 17.4 Å². The number of aryl methyl sites for hydroxylation is 2. The summed E-state index contributed by atoms with van der Waals surface area (Å²) < 4.78 is 33.9. The molecule has 1 aromatic rings. The van der Waals surface area contributed by atoms with Crippen LogP contribution in [-0.2, 0) is 19.9 Å². The molecule has 5 nitrogen and oxygen atoms in total. The highest BCUT2D eigenvalue weighted by molar-refractivity contribution is 8.13. The van der Waals surface area contributed by atoms with Crippen molar-refractivity contribution in [2.24, 2.45) is 0 Å². The number of nitrogens with one attached hydrogen (secondary N) is 1. The van der Waals surface area contributed by atoms with Crippen LogP contribution in [-0.4, -0.2) is 37.1 Å². The summed E-state index contributed by atoms with van der Waals surface area (Å²) in [5, 5.41) is 2.68. The largest absolute Gasteiger partial charge is 0.352 e. The number of halogens is 1. The smallest absolute Gasteiger partial charge is 0.261 e. The van der Waals surface area contributed by atoms with Crippen molar-refractivity contribution < 1.29 is 17.4 Å². The van der Waals surface area contributed by atoms with E-state index in [2.05, 4.69) is 5.32 Å². The molecule has 0 saturated carbocycles. The SMILES string of the molecule is Cc1cc(C)c(S(=O)(=O)Cl)cc1C(=O)NCCCS(C)=O. The van der Waals surface area contributed by atoms with Gasteiger partial charge in [0, 0.05) is 45.6 Å². The summed E-state index contributed by atoms with van der Waals surface area (Å²) in [5.74, 6) is 0.144.